The van der Waals surface area contributed by atoms with Crippen molar-refractivity contribution < 1.29 is 4.79 Å². The Kier molecular flexibility index (Phi) is 4.58. The number of H-pyrrole nitrogens is 1. The van der Waals surface area contributed by atoms with Crippen LogP contribution >= 0.6 is 11.8 Å². The van der Waals surface area contributed by atoms with E-state index in [1.165, 1.54) is 17.8 Å². The van der Waals surface area contributed by atoms with E-state index in [0.29, 0.717) is 5.39 Å². The zero-order valence-corrected chi connectivity index (χ0v) is 11.5. The number of allylic oxidation sites excluding steroid dienone is 1. The number of benzene rings is 1. The summed E-state index contributed by atoms with van der Waals surface area (Å²) in [6.07, 6.45) is 6.49. The number of hydrogen-bond donors (Lipinski definition) is 1. The second kappa shape index (κ2) is 6.38. The van der Waals surface area contributed by atoms with Crippen LogP contribution in [0.5, 0.6) is 0 Å². The highest BCUT2D eigenvalue weighted by Crippen LogP contribution is 2.12. The van der Waals surface area contributed by atoms with Gasteiger partial charge in [0.1, 0.15) is 0 Å². The smallest absolute Gasteiger partial charge is 0.189 e. The van der Waals surface area contributed by atoms with Gasteiger partial charge in [-0.15, -0.1) is 0 Å². The minimum atomic E-state index is 0.0242. The topological polar surface area (TPSA) is 49.9 Å². The van der Waals surface area contributed by atoms with Crippen LogP contribution in [0.3, 0.4) is 0 Å². The predicted molar refractivity (Wildman–Crippen MR) is 81.4 cm³/mol. The van der Waals surface area contributed by atoms with Crippen molar-refractivity contribution in [3.63, 3.8) is 0 Å². The van der Waals surface area contributed by atoms with Gasteiger partial charge in [-0.25, -0.2) is 0 Å². The maximum Gasteiger partial charge on any atom is 0.189 e. The average molecular weight is 273 g/mol. The molecule has 0 aliphatic carbocycles. The van der Waals surface area contributed by atoms with Crippen LogP contribution in [0.25, 0.3) is 17.0 Å². The van der Waals surface area contributed by atoms with E-state index in [4.69, 9.17) is 0 Å². The third-order valence-corrected chi connectivity index (χ3v) is 3.53. The molecule has 0 aliphatic heterocycles. The van der Waals surface area contributed by atoms with Gasteiger partial charge in [0.05, 0.1) is 0 Å². The number of rotatable bonds is 4. The average Bonchev–Trinajstić information content (AvgIpc) is 2.39. The van der Waals surface area contributed by atoms with E-state index >= 15 is 0 Å². The first-order chi connectivity index (χ1) is 9.16. The molecule has 0 spiro atoms. The van der Waals surface area contributed by atoms with Crippen LogP contribution in [0.2, 0.25) is 0 Å². The van der Waals surface area contributed by atoms with Gasteiger partial charge in [0, 0.05) is 35.8 Å². The molecule has 3 nitrogen and oxygen atoms in total. The van der Waals surface area contributed by atoms with Crippen molar-refractivity contribution in [2.45, 2.75) is 13.3 Å². The molecular formula is C15H15NO2S. The summed E-state index contributed by atoms with van der Waals surface area (Å²) >= 11 is 1.33. The van der Waals surface area contributed by atoms with Gasteiger partial charge in [-0.1, -0.05) is 30.0 Å². The maximum absolute atomic E-state index is 11.7. The van der Waals surface area contributed by atoms with Gasteiger partial charge >= 0.3 is 0 Å². The minimum Gasteiger partial charge on any atom is -0.361 e. The largest absolute Gasteiger partial charge is 0.361 e. The molecule has 0 fully saturated rings. The predicted octanol–water partition coefficient (Wildman–Crippen LogP) is 3.21. The zero-order valence-electron chi connectivity index (χ0n) is 10.7. The molecule has 1 aromatic carbocycles. The van der Waals surface area contributed by atoms with E-state index in [1.807, 2.05) is 30.4 Å². The van der Waals surface area contributed by atoms with Crippen molar-refractivity contribution in [3.8, 4) is 0 Å². The molecule has 0 bridgehead atoms. The first kappa shape index (κ1) is 13.6. The van der Waals surface area contributed by atoms with Gasteiger partial charge in [-0.2, -0.15) is 0 Å². The van der Waals surface area contributed by atoms with E-state index in [1.54, 1.807) is 13.1 Å². The summed E-state index contributed by atoms with van der Waals surface area (Å²) in [5.74, 6) is 0.792. The maximum atomic E-state index is 11.7. The van der Waals surface area contributed by atoms with E-state index in [9.17, 15) is 9.59 Å². The van der Waals surface area contributed by atoms with Gasteiger partial charge in [-0.3, -0.25) is 9.59 Å². The molecule has 4 heteroatoms. The summed E-state index contributed by atoms with van der Waals surface area (Å²) < 4.78 is 0. The third kappa shape index (κ3) is 3.83. The summed E-state index contributed by atoms with van der Waals surface area (Å²) in [6.45, 7) is 1.57. The number of carbonyl (C=O) groups excluding carboxylic acids is 1. The molecule has 1 N–H and O–H groups in total. The lowest BCUT2D eigenvalue weighted by Gasteiger charge is -1.99. The highest BCUT2D eigenvalue weighted by atomic mass is 32.2. The molecule has 0 amide bonds. The van der Waals surface area contributed by atoms with Crippen LogP contribution in [0, 0.1) is 0 Å². The molecule has 0 saturated carbocycles. The fraction of sp³-hybridized carbons (Fsp3) is 0.200. The van der Waals surface area contributed by atoms with Crippen LogP contribution in [-0.4, -0.2) is 15.9 Å². The van der Waals surface area contributed by atoms with Crippen molar-refractivity contribution in [2.75, 3.05) is 5.75 Å². The molecule has 0 aliphatic rings. The second-order valence-electron chi connectivity index (χ2n) is 4.18. The Morgan fingerprint density at radius 1 is 1.37 bits per heavy atom. The summed E-state index contributed by atoms with van der Waals surface area (Å²) in [5.41, 5.74) is 1.87. The second-order valence-corrected chi connectivity index (χ2v) is 5.45. The van der Waals surface area contributed by atoms with E-state index < -0.39 is 0 Å². The fourth-order valence-electron chi connectivity index (χ4n) is 1.78. The summed E-state index contributed by atoms with van der Waals surface area (Å²) in [5, 5.41) is 0.841. The summed E-state index contributed by atoms with van der Waals surface area (Å²) in [6, 6.07) is 7.27. The van der Waals surface area contributed by atoms with Crippen molar-refractivity contribution in [3.05, 3.63) is 52.3 Å². The Bertz CT molecular complexity index is 673. The first-order valence-electron chi connectivity index (χ1n) is 6.08. The van der Waals surface area contributed by atoms with Crippen LogP contribution in [0.15, 0.2) is 41.3 Å². The standard InChI is InChI=1S/C15H15NO2S/c1-11(17)19-9-3-2-4-12-5-6-14-13(10-12)15(18)7-8-16-14/h2,4-8,10H,3,9H2,1H3,(H,16,18). The third-order valence-electron chi connectivity index (χ3n) is 2.68. The number of carbonyl (C=O) groups is 1. The minimum absolute atomic E-state index is 0.0242. The molecule has 0 saturated heterocycles. The van der Waals surface area contributed by atoms with Crippen molar-refractivity contribution in [1.29, 1.82) is 0 Å². The highest BCUT2D eigenvalue weighted by Gasteiger charge is 1.98. The van der Waals surface area contributed by atoms with Gasteiger partial charge < -0.3 is 4.98 Å². The van der Waals surface area contributed by atoms with Crippen LogP contribution in [-0.2, 0) is 4.79 Å². The highest BCUT2D eigenvalue weighted by molar-refractivity contribution is 8.13. The number of fused-ring (bicyclic) bond motifs is 1. The molecule has 19 heavy (non-hydrogen) atoms. The quantitative estimate of drug-likeness (QED) is 0.870. The lowest BCUT2D eigenvalue weighted by Crippen LogP contribution is -1.99. The number of hydrogen-bond acceptors (Lipinski definition) is 3. The Labute approximate surface area is 115 Å². The van der Waals surface area contributed by atoms with Crippen molar-refractivity contribution >= 4 is 33.9 Å². The van der Waals surface area contributed by atoms with Gasteiger partial charge in [-0.05, 0) is 24.1 Å². The fourth-order valence-corrected chi connectivity index (χ4v) is 2.32. The van der Waals surface area contributed by atoms with Crippen molar-refractivity contribution in [2.24, 2.45) is 0 Å². The zero-order chi connectivity index (χ0) is 13.7. The molecule has 1 aromatic heterocycles. The summed E-state index contributed by atoms with van der Waals surface area (Å²) in [4.78, 5) is 25.5. The van der Waals surface area contributed by atoms with Crippen LogP contribution < -0.4 is 5.43 Å². The normalized spacial score (nSPS) is 11.2. The molecule has 98 valence electrons. The van der Waals surface area contributed by atoms with Gasteiger partial charge in [0.2, 0.25) is 0 Å². The number of nitrogens with one attached hydrogen (secondary N) is 1. The number of pyridine rings is 1. The number of aromatic amines is 1. The lowest BCUT2D eigenvalue weighted by molar-refractivity contribution is -0.109. The van der Waals surface area contributed by atoms with E-state index in [0.717, 1.165) is 23.3 Å². The molecule has 2 rings (SSSR count). The van der Waals surface area contributed by atoms with E-state index in [2.05, 4.69) is 4.98 Å². The van der Waals surface area contributed by atoms with Crippen molar-refractivity contribution in [1.82, 2.24) is 4.98 Å². The summed E-state index contributed by atoms with van der Waals surface area (Å²) in [7, 11) is 0. The molecule has 2 aromatic rings. The molecule has 1 heterocycles. The molecule has 0 radical (unpaired) electrons. The van der Waals surface area contributed by atoms with Crippen LogP contribution in [0.1, 0.15) is 18.9 Å². The van der Waals surface area contributed by atoms with Crippen LogP contribution in [0.4, 0.5) is 0 Å². The Morgan fingerprint density at radius 2 is 2.21 bits per heavy atom. The Balaban J connectivity index is 2.09. The Hall–Kier alpha value is -1.81. The molecular weight excluding hydrogens is 258 g/mol. The van der Waals surface area contributed by atoms with Gasteiger partial charge in [0.25, 0.3) is 0 Å². The monoisotopic (exact) mass is 273 g/mol. The number of thioether (sulfide) groups is 1. The first-order valence-corrected chi connectivity index (χ1v) is 7.07. The SMILES string of the molecule is CC(=O)SCCC=Cc1ccc2[nH]ccc(=O)c2c1. The lowest BCUT2D eigenvalue weighted by atomic mass is 10.1. The molecule has 0 unspecified atom stereocenters. The Morgan fingerprint density at radius 3 is 3.00 bits per heavy atom. The molecule has 0 atom stereocenters. The van der Waals surface area contributed by atoms with E-state index in [-0.39, 0.29) is 10.5 Å². The van der Waals surface area contributed by atoms with Gasteiger partial charge in [0.15, 0.2) is 10.5 Å². The number of aromatic nitrogens is 1.